The van der Waals surface area contributed by atoms with Gasteiger partial charge in [0.25, 0.3) is 0 Å². The highest BCUT2D eigenvalue weighted by atomic mass is 32.2. The average Bonchev–Trinajstić information content (AvgIpc) is 2.81. The zero-order valence-electron chi connectivity index (χ0n) is 16.7. The van der Waals surface area contributed by atoms with Gasteiger partial charge < -0.3 is 15.3 Å². The number of thioether (sulfide) groups is 1. The van der Waals surface area contributed by atoms with Gasteiger partial charge in [-0.1, -0.05) is 19.9 Å². The Bertz CT molecular complexity index is 589. The molecule has 7 nitrogen and oxygen atoms in total. The smallest absolute Gasteiger partial charge is 0.331 e. The van der Waals surface area contributed by atoms with E-state index in [0.717, 1.165) is 5.88 Å². The number of hydrogen-bond acceptors (Lipinski definition) is 5. The van der Waals surface area contributed by atoms with Crippen molar-refractivity contribution in [2.45, 2.75) is 51.4 Å². The summed E-state index contributed by atoms with van der Waals surface area (Å²) in [5, 5.41) is 11.8. The van der Waals surface area contributed by atoms with Crippen molar-refractivity contribution in [2.24, 2.45) is 5.92 Å². The van der Waals surface area contributed by atoms with Gasteiger partial charge in [0, 0.05) is 23.2 Å². The highest BCUT2D eigenvalue weighted by Gasteiger charge is 2.44. The van der Waals surface area contributed by atoms with E-state index in [-0.39, 0.29) is 46.7 Å². The first kappa shape index (κ1) is 22.5. The molecule has 1 aliphatic rings. The number of carboxylic acid groups (broad SMARTS) is 1. The first-order valence-corrected chi connectivity index (χ1v) is 9.66. The van der Waals surface area contributed by atoms with E-state index in [4.69, 9.17) is 5.11 Å². The number of likely N-dealkylation sites (N-methyl/N-ethyl adjacent to an activating group) is 2. The van der Waals surface area contributed by atoms with Crippen LogP contribution in [-0.4, -0.2) is 76.0 Å². The molecule has 8 heteroatoms. The monoisotopic (exact) mass is 385 g/mol. The van der Waals surface area contributed by atoms with Gasteiger partial charge in [0.05, 0.1) is 12.6 Å². The summed E-state index contributed by atoms with van der Waals surface area (Å²) in [4.78, 5) is 39.6. The fourth-order valence-corrected chi connectivity index (χ4v) is 4.23. The van der Waals surface area contributed by atoms with Crippen LogP contribution >= 0.6 is 11.8 Å². The fourth-order valence-electron chi connectivity index (χ4n) is 3.10. The third-order valence-corrected chi connectivity index (χ3v) is 6.19. The van der Waals surface area contributed by atoms with Crippen LogP contribution < -0.4 is 5.32 Å². The maximum atomic E-state index is 12.5. The number of amides is 2. The van der Waals surface area contributed by atoms with Gasteiger partial charge in [-0.2, -0.15) is 0 Å². The molecule has 1 aliphatic heterocycles. The molecule has 0 aliphatic carbocycles. The Kier molecular flexibility index (Phi) is 7.70. The van der Waals surface area contributed by atoms with Crippen molar-refractivity contribution in [3.63, 3.8) is 0 Å². The number of carbonyl (C=O) groups is 3. The van der Waals surface area contributed by atoms with Crippen LogP contribution in [0.15, 0.2) is 11.6 Å². The maximum Gasteiger partial charge on any atom is 0.331 e. The van der Waals surface area contributed by atoms with Gasteiger partial charge in [0.2, 0.25) is 11.8 Å². The topological polar surface area (TPSA) is 90.0 Å². The predicted octanol–water partition coefficient (Wildman–Crippen LogP) is 1.40. The van der Waals surface area contributed by atoms with E-state index in [1.165, 1.54) is 11.8 Å². The molecule has 26 heavy (non-hydrogen) atoms. The zero-order chi connectivity index (χ0) is 20.2. The molecule has 0 aromatic heterocycles. The molecule has 0 bridgehead atoms. The lowest BCUT2D eigenvalue weighted by Crippen LogP contribution is -2.52. The SMILES string of the molecule is CC(=C[C@H](C(C)C)N(C)C(=O)CNC(=O)C1N(C)CSC1(C)C)C(=O)O. The molecule has 148 valence electrons. The Morgan fingerprint density at radius 3 is 2.38 bits per heavy atom. The van der Waals surface area contributed by atoms with Gasteiger partial charge in [-0.15, -0.1) is 11.8 Å². The van der Waals surface area contributed by atoms with Gasteiger partial charge in [-0.05, 0) is 33.7 Å². The minimum absolute atomic E-state index is 0.0465. The molecule has 2 atom stereocenters. The van der Waals surface area contributed by atoms with Crippen LogP contribution in [0.4, 0.5) is 0 Å². The second-order valence-corrected chi connectivity index (χ2v) is 9.25. The predicted molar refractivity (Wildman–Crippen MR) is 104 cm³/mol. The van der Waals surface area contributed by atoms with Gasteiger partial charge in [-0.25, -0.2) is 4.79 Å². The summed E-state index contributed by atoms with van der Waals surface area (Å²) in [5.41, 5.74) is 0.193. The molecule has 1 fully saturated rings. The van der Waals surface area contributed by atoms with Crippen LogP contribution in [-0.2, 0) is 14.4 Å². The Morgan fingerprint density at radius 1 is 1.38 bits per heavy atom. The third kappa shape index (κ3) is 5.48. The molecule has 2 amide bonds. The summed E-state index contributed by atoms with van der Waals surface area (Å²) in [7, 11) is 3.53. The second-order valence-electron chi connectivity index (χ2n) is 7.65. The molecule has 1 rings (SSSR count). The third-order valence-electron chi connectivity index (χ3n) is 4.68. The summed E-state index contributed by atoms with van der Waals surface area (Å²) < 4.78 is -0.213. The number of rotatable bonds is 7. The van der Waals surface area contributed by atoms with Crippen molar-refractivity contribution >= 4 is 29.5 Å². The lowest BCUT2D eigenvalue weighted by atomic mass is 10.00. The highest BCUT2D eigenvalue weighted by molar-refractivity contribution is 8.00. The molecular formula is C18H31N3O4S. The largest absolute Gasteiger partial charge is 0.478 e. The van der Waals surface area contributed by atoms with E-state index in [2.05, 4.69) is 5.32 Å². The van der Waals surface area contributed by atoms with E-state index in [0.29, 0.717) is 0 Å². The molecule has 0 spiro atoms. The standard InChI is InChI=1S/C18H31N3O4S/c1-11(2)13(8-12(3)17(24)25)21(7)14(22)9-19-16(23)15-18(4,5)26-10-20(15)6/h8,11,13,15H,9-10H2,1-7H3,(H,19,23)(H,24,25)/t13-,15?/m1/s1. The first-order chi connectivity index (χ1) is 11.9. The number of carboxylic acids is 1. The van der Waals surface area contributed by atoms with Gasteiger partial charge in [0.15, 0.2) is 0 Å². The van der Waals surface area contributed by atoms with E-state index < -0.39 is 5.97 Å². The van der Waals surface area contributed by atoms with Crippen molar-refractivity contribution in [2.75, 3.05) is 26.5 Å². The van der Waals surface area contributed by atoms with E-state index >= 15 is 0 Å². The minimum atomic E-state index is -1.01. The molecule has 2 N–H and O–H groups in total. The number of aliphatic carboxylic acids is 1. The highest BCUT2D eigenvalue weighted by Crippen LogP contribution is 2.38. The molecular weight excluding hydrogens is 354 g/mol. The minimum Gasteiger partial charge on any atom is -0.478 e. The van der Waals surface area contributed by atoms with Crippen LogP contribution in [0, 0.1) is 5.92 Å². The average molecular weight is 386 g/mol. The van der Waals surface area contributed by atoms with Gasteiger partial charge in [0.1, 0.15) is 6.04 Å². The maximum absolute atomic E-state index is 12.5. The van der Waals surface area contributed by atoms with Crippen LogP contribution in [0.2, 0.25) is 0 Å². The Morgan fingerprint density at radius 2 is 1.96 bits per heavy atom. The van der Waals surface area contributed by atoms with E-state index in [9.17, 15) is 14.4 Å². The number of nitrogens with one attached hydrogen (secondary N) is 1. The molecule has 1 saturated heterocycles. The van der Waals surface area contributed by atoms with E-state index in [1.807, 2.05) is 39.6 Å². The van der Waals surface area contributed by atoms with Crippen LogP contribution in [0.1, 0.15) is 34.6 Å². The number of hydrogen-bond donors (Lipinski definition) is 2. The summed E-state index contributed by atoms with van der Waals surface area (Å²) in [6, 6.07) is -0.641. The van der Waals surface area contributed by atoms with Gasteiger partial charge >= 0.3 is 5.97 Å². The zero-order valence-corrected chi connectivity index (χ0v) is 17.5. The van der Waals surface area contributed by atoms with Crippen LogP contribution in [0.3, 0.4) is 0 Å². The Labute approximate surface area is 160 Å². The van der Waals surface area contributed by atoms with Crippen molar-refractivity contribution in [1.29, 1.82) is 0 Å². The molecule has 0 saturated carbocycles. The van der Waals surface area contributed by atoms with Gasteiger partial charge in [-0.3, -0.25) is 14.5 Å². The molecule has 0 aromatic carbocycles. The quantitative estimate of drug-likeness (QED) is 0.644. The van der Waals surface area contributed by atoms with Crippen LogP contribution in [0.5, 0.6) is 0 Å². The number of nitrogens with zero attached hydrogens (tertiary/aromatic N) is 2. The Balaban J connectivity index is 2.75. The summed E-state index contributed by atoms with van der Waals surface area (Å²) >= 11 is 1.71. The first-order valence-electron chi connectivity index (χ1n) is 8.67. The molecule has 0 radical (unpaired) electrons. The number of carbonyl (C=O) groups excluding carboxylic acids is 2. The Hall–Kier alpha value is -1.54. The van der Waals surface area contributed by atoms with Crippen molar-refractivity contribution < 1.29 is 19.5 Å². The molecule has 0 aromatic rings. The summed E-state index contributed by atoms with van der Waals surface area (Å²) in [6.07, 6.45) is 1.58. The summed E-state index contributed by atoms with van der Waals surface area (Å²) in [6.45, 7) is 9.29. The normalized spacial score (nSPS) is 21.5. The second kappa shape index (κ2) is 8.90. The van der Waals surface area contributed by atoms with Crippen molar-refractivity contribution in [3.8, 4) is 0 Å². The molecule has 1 heterocycles. The van der Waals surface area contributed by atoms with Crippen molar-refractivity contribution in [3.05, 3.63) is 11.6 Å². The van der Waals surface area contributed by atoms with E-state index in [1.54, 1.807) is 24.9 Å². The lowest BCUT2D eigenvalue weighted by Gasteiger charge is -2.31. The van der Waals surface area contributed by atoms with Crippen LogP contribution in [0.25, 0.3) is 0 Å². The van der Waals surface area contributed by atoms with Crippen molar-refractivity contribution in [1.82, 2.24) is 15.1 Å². The summed E-state index contributed by atoms with van der Waals surface area (Å²) in [5.74, 6) is -0.604. The molecule has 1 unspecified atom stereocenters. The fraction of sp³-hybridized carbons (Fsp3) is 0.722. The lowest BCUT2D eigenvalue weighted by molar-refractivity contribution is -0.135.